The summed E-state index contributed by atoms with van der Waals surface area (Å²) in [5, 5.41) is 23.5. The van der Waals surface area contributed by atoms with E-state index in [1.54, 1.807) is 0 Å². The average molecular weight is 534 g/mol. The number of ketones is 1. The van der Waals surface area contributed by atoms with Gasteiger partial charge in [0.05, 0.1) is 13.2 Å². The van der Waals surface area contributed by atoms with Crippen molar-refractivity contribution in [3.63, 3.8) is 0 Å². The number of aromatic nitrogens is 3. The molecule has 0 spiro atoms. The fraction of sp³-hybridized carbons (Fsp3) is 0.348. The third-order valence-electron chi connectivity index (χ3n) is 5.41. The monoisotopic (exact) mass is 533 g/mol. The van der Waals surface area contributed by atoms with Crippen LogP contribution in [-0.2, 0) is 17.9 Å². The number of rotatable bonds is 10. The maximum atomic E-state index is 13.0. The number of Topliss-reactive ketones (excluding diaryl/α,β-unsaturated/α-hetero) is 1. The van der Waals surface area contributed by atoms with Crippen LogP contribution in [0.2, 0.25) is 5.02 Å². The molecule has 3 rings (SSSR count). The number of alkyl halides is 5. The lowest BCUT2D eigenvalue weighted by molar-refractivity contribution is -0.207. The van der Waals surface area contributed by atoms with E-state index in [1.165, 1.54) is 42.5 Å². The van der Waals surface area contributed by atoms with Gasteiger partial charge in [-0.25, -0.2) is 18.3 Å². The van der Waals surface area contributed by atoms with E-state index in [4.69, 9.17) is 11.6 Å². The van der Waals surface area contributed by atoms with Gasteiger partial charge in [0, 0.05) is 28.5 Å². The van der Waals surface area contributed by atoms with Crippen molar-refractivity contribution in [2.75, 3.05) is 6.61 Å². The zero-order chi connectivity index (χ0) is 26.6. The lowest BCUT2D eigenvalue weighted by atomic mass is 9.93. The summed E-state index contributed by atoms with van der Waals surface area (Å²) in [5.74, 6) is -1.70. The van der Waals surface area contributed by atoms with Crippen molar-refractivity contribution < 1.29 is 37.0 Å². The van der Waals surface area contributed by atoms with Gasteiger partial charge >= 0.3 is 11.9 Å². The number of halogens is 6. The first-order chi connectivity index (χ1) is 16.9. The molecule has 2 N–H and O–H groups in total. The largest absolute Gasteiger partial charge is 0.416 e. The van der Waals surface area contributed by atoms with Crippen molar-refractivity contribution in [3.05, 3.63) is 75.2 Å². The van der Waals surface area contributed by atoms with Gasteiger partial charge in [0.25, 0.3) is 6.43 Å². The van der Waals surface area contributed by atoms with Gasteiger partial charge in [-0.1, -0.05) is 29.8 Å². The Morgan fingerprint density at radius 1 is 1.08 bits per heavy atom. The standard InChI is InChI=1S/C23H21ClF5N3O4/c24-17-6-4-13(5-7-17)21-30-32(22(36)31(21)11-19(35)23(27,28)29)10-18(34)9-16(12-33)14-2-1-3-15(8-14)20(25)26/h1-8,16,19-20,33,35H,9-12H2/t16?,19-/m0/s1. The first-order valence-electron chi connectivity index (χ1n) is 10.6. The summed E-state index contributed by atoms with van der Waals surface area (Å²) in [6.07, 6.45) is -11.0. The molecule has 13 heteroatoms. The summed E-state index contributed by atoms with van der Waals surface area (Å²) in [6, 6.07) is 10.9. The van der Waals surface area contributed by atoms with Crippen molar-refractivity contribution in [3.8, 4) is 11.4 Å². The van der Waals surface area contributed by atoms with Crippen LogP contribution in [0.3, 0.4) is 0 Å². The quantitative estimate of drug-likeness (QED) is 0.385. The van der Waals surface area contributed by atoms with E-state index in [9.17, 15) is 41.8 Å². The second kappa shape index (κ2) is 11.3. The molecule has 0 radical (unpaired) electrons. The molecule has 0 fully saturated rings. The zero-order valence-corrected chi connectivity index (χ0v) is 19.3. The van der Waals surface area contributed by atoms with Crippen LogP contribution in [-0.4, -0.2) is 49.2 Å². The smallest absolute Gasteiger partial charge is 0.396 e. The van der Waals surface area contributed by atoms with E-state index in [2.05, 4.69) is 5.10 Å². The summed E-state index contributed by atoms with van der Waals surface area (Å²) >= 11 is 5.84. The molecule has 0 aliphatic rings. The molecule has 1 aromatic heterocycles. The summed E-state index contributed by atoms with van der Waals surface area (Å²) in [7, 11) is 0. The molecule has 194 valence electrons. The minimum atomic E-state index is -5.00. The number of carbonyl (C=O) groups excluding carboxylic acids is 1. The number of aliphatic hydroxyl groups is 2. The third kappa shape index (κ3) is 6.56. The van der Waals surface area contributed by atoms with Gasteiger partial charge in [-0.05, 0) is 35.9 Å². The molecule has 1 unspecified atom stereocenters. The molecule has 0 bridgehead atoms. The van der Waals surface area contributed by atoms with Crippen LogP contribution in [0.15, 0.2) is 53.3 Å². The second-order valence-corrected chi connectivity index (χ2v) is 8.47. The Labute approximate surface area is 206 Å². The van der Waals surface area contributed by atoms with E-state index in [1.807, 2.05) is 0 Å². The Balaban J connectivity index is 1.89. The normalized spacial score (nSPS) is 13.7. The van der Waals surface area contributed by atoms with Crippen LogP contribution in [0.25, 0.3) is 11.4 Å². The van der Waals surface area contributed by atoms with Crippen molar-refractivity contribution in [2.24, 2.45) is 0 Å². The highest BCUT2D eigenvalue weighted by molar-refractivity contribution is 6.30. The highest BCUT2D eigenvalue weighted by Gasteiger charge is 2.39. The molecular formula is C23H21ClF5N3O4. The number of aliphatic hydroxyl groups excluding tert-OH is 2. The van der Waals surface area contributed by atoms with Crippen LogP contribution in [0.4, 0.5) is 22.0 Å². The lowest BCUT2D eigenvalue weighted by Gasteiger charge is -2.15. The first kappa shape index (κ1) is 27.5. The average Bonchev–Trinajstić information content (AvgIpc) is 3.12. The number of hydrogen-bond acceptors (Lipinski definition) is 5. The summed E-state index contributed by atoms with van der Waals surface area (Å²) in [5.41, 5.74) is -0.855. The molecule has 0 amide bonds. The fourth-order valence-corrected chi connectivity index (χ4v) is 3.67. The molecule has 1 heterocycles. The Hall–Kier alpha value is -3.09. The molecule has 0 saturated heterocycles. The number of nitrogens with zero attached hydrogens (tertiary/aromatic N) is 3. The molecule has 36 heavy (non-hydrogen) atoms. The van der Waals surface area contributed by atoms with Gasteiger partial charge in [-0.2, -0.15) is 13.2 Å². The zero-order valence-electron chi connectivity index (χ0n) is 18.5. The molecule has 2 aromatic carbocycles. The van der Waals surface area contributed by atoms with E-state index < -0.39 is 55.8 Å². The van der Waals surface area contributed by atoms with E-state index >= 15 is 0 Å². The summed E-state index contributed by atoms with van der Waals surface area (Å²) < 4.78 is 66.1. The Bertz CT molecular complexity index is 1260. The SMILES string of the molecule is O=C(CC(CO)c1cccc(C(F)F)c1)Cn1nc(-c2ccc(Cl)cc2)n(C[C@H](O)C(F)(F)F)c1=O. The van der Waals surface area contributed by atoms with Crippen LogP contribution >= 0.6 is 11.6 Å². The molecule has 0 saturated carbocycles. The number of carbonyl (C=O) groups is 1. The summed E-state index contributed by atoms with van der Waals surface area (Å²) in [6.45, 7) is -2.36. The molecule has 0 aliphatic carbocycles. The van der Waals surface area contributed by atoms with Crippen molar-refractivity contribution >= 4 is 17.4 Å². The van der Waals surface area contributed by atoms with Crippen molar-refractivity contribution in [2.45, 2.75) is 44.1 Å². The molecule has 3 aromatic rings. The van der Waals surface area contributed by atoms with E-state index in [0.717, 1.165) is 6.07 Å². The minimum Gasteiger partial charge on any atom is -0.396 e. The summed E-state index contributed by atoms with van der Waals surface area (Å²) in [4.78, 5) is 25.5. The van der Waals surface area contributed by atoms with Crippen LogP contribution in [0.5, 0.6) is 0 Å². The molecule has 0 aliphatic heterocycles. The van der Waals surface area contributed by atoms with Gasteiger partial charge in [0.15, 0.2) is 17.7 Å². The minimum absolute atomic E-state index is 0.217. The van der Waals surface area contributed by atoms with Gasteiger partial charge in [-0.15, -0.1) is 5.10 Å². The van der Waals surface area contributed by atoms with Gasteiger partial charge in [0.2, 0.25) is 0 Å². The molecule has 2 atom stereocenters. The van der Waals surface area contributed by atoms with Crippen LogP contribution in [0, 0.1) is 0 Å². The first-order valence-corrected chi connectivity index (χ1v) is 11.0. The lowest BCUT2D eigenvalue weighted by Crippen LogP contribution is -2.37. The van der Waals surface area contributed by atoms with Crippen LogP contribution in [0.1, 0.15) is 29.9 Å². The van der Waals surface area contributed by atoms with Crippen molar-refractivity contribution in [1.29, 1.82) is 0 Å². The maximum Gasteiger partial charge on any atom is 0.416 e. The predicted octanol–water partition coefficient (Wildman–Crippen LogP) is 3.96. The maximum absolute atomic E-state index is 13.0. The Kier molecular flexibility index (Phi) is 8.64. The van der Waals surface area contributed by atoms with Gasteiger partial charge < -0.3 is 10.2 Å². The van der Waals surface area contributed by atoms with E-state index in [-0.39, 0.29) is 28.9 Å². The molecule has 7 nitrogen and oxygen atoms in total. The Morgan fingerprint density at radius 3 is 2.31 bits per heavy atom. The second-order valence-electron chi connectivity index (χ2n) is 8.03. The van der Waals surface area contributed by atoms with Crippen LogP contribution < -0.4 is 5.69 Å². The predicted molar refractivity (Wildman–Crippen MR) is 120 cm³/mol. The number of benzene rings is 2. The van der Waals surface area contributed by atoms with Gasteiger partial charge in [0.1, 0.15) is 6.54 Å². The van der Waals surface area contributed by atoms with E-state index in [0.29, 0.717) is 14.3 Å². The fourth-order valence-electron chi connectivity index (χ4n) is 3.54. The highest BCUT2D eigenvalue weighted by atomic mass is 35.5. The number of hydrogen-bond donors (Lipinski definition) is 2. The third-order valence-corrected chi connectivity index (χ3v) is 5.67. The highest BCUT2D eigenvalue weighted by Crippen LogP contribution is 2.26. The van der Waals surface area contributed by atoms with Crippen molar-refractivity contribution in [1.82, 2.24) is 14.3 Å². The van der Waals surface area contributed by atoms with Gasteiger partial charge in [-0.3, -0.25) is 9.36 Å². The molecular weight excluding hydrogens is 513 g/mol. The Morgan fingerprint density at radius 2 is 1.72 bits per heavy atom. The topological polar surface area (TPSA) is 97.3 Å².